The number of halogens is 1. The summed E-state index contributed by atoms with van der Waals surface area (Å²) >= 11 is 5.86. The summed E-state index contributed by atoms with van der Waals surface area (Å²) in [6.45, 7) is 0. The Bertz CT molecular complexity index is 1430. The molecule has 0 aliphatic carbocycles. The smallest absolute Gasteiger partial charge is 0.272 e. The van der Waals surface area contributed by atoms with E-state index in [9.17, 15) is 13.2 Å². The van der Waals surface area contributed by atoms with Crippen LogP contribution in [0.1, 0.15) is 10.5 Å². The van der Waals surface area contributed by atoms with E-state index in [4.69, 9.17) is 21.1 Å². The lowest BCUT2D eigenvalue weighted by Gasteiger charge is -2.13. The van der Waals surface area contributed by atoms with E-state index in [-0.39, 0.29) is 16.3 Å². The van der Waals surface area contributed by atoms with Crippen molar-refractivity contribution in [2.24, 2.45) is 0 Å². The first-order valence-electron chi connectivity index (χ1n) is 9.73. The fourth-order valence-corrected chi connectivity index (χ4v) is 4.63. The fourth-order valence-electron chi connectivity index (χ4n) is 3.25. The first-order chi connectivity index (χ1) is 15.8. The third-order valence-electron chi connectivity index (χ3n) is 4.88. The van der Waals surface area contributed by atoms with Crippen molar-refractivity contribution in [2.45, 2.75) is 4.90 Å². The molecule has 33 heavy (non-hydrogen) atoms. The average Bonchev–Trinajstić information content (AvgIpc) is 3.24. The molecule has 0 unspecified atom stereocenters. The number of H-pyrrole nitrogens is 1. The highest BCUT2D eigenvalue weighted by Gasteiger charge is 2.21. The van der Waals surface area contributed by atoms with Crippen LogP contribution in [0.4, 0.5) is 11.4 Å². The predicted octanol–water partition coefficient (Wildman–Crippen LogP) is 4.89. The van der Waals surface area contributed by atoms with Gasteiger partial charge in [-0.3, -0.25) is 9.52 Å². The number of carbonyl (C=O) groups is 1. The Morgan fingerprint density at radius 2 is 1.64 bits per heavy atom. The van der Waals surface area contributed by atoms with Gasteiger partial charge in [0.25, 0.3) is 15.9 Å². The highest BCUT2D eigenvalue weighted by atomic mass is 35.5. The number of anilines is 2. The van der Waals surface area contributed by atoms with Gasteiger partial charge in [-0.15, -0.1) is 0 Å². The van der Waals surface area contributed by atoms with Crippen molar-refractivity contribution in [2.75, 3.05) is 24.3 Å². The number of ether oxygens (including phenoxy) is 2. The molecule has 1 heterocycles. The lowest BCUT2D eigenvalue weighted by atomic mass is 10.2. The van der Waals surface area contributed by atoms with Gasteiger partial charge in [0.05, 0.1) is 14.2 Å². The Kier molecular flexibility index (Phi) is 6.17. The van der Waals surface area contributed by atoms with Gasteiger partial charge in [-0.05, 0) is 60.7 Å². The Morgan fingerprint density at radius 1 is 0.909 bits per heavy atom. The van der Waals surface area contributed by atoms with Crippen LogP contribution in [0.15, 0.2) is 71.6 Å². The van der Waals surface area contributed by atoms with Crippen LogP contribution >= 0.6 is 11.6 Å². The topological polar surface area (TPSA) is 110 Å². The molecule has 4 rings (SSSR count). The molecule has 170 valence electrons. The van der Waals surface area contributed by atoms with Crippen molar-refractivity contribution in [1.29, 1.82) is 0 Å². The zero-order chi connectivity index (χ0) is 23.6. The van der Waals surface area contributed by atoms with Crippen LogP contribution in [-0.2, 0) is 10.0 Å². The second-order valence-electron chi connectivity index (χ2n) is 7.07. The Labute approximate surface area is 195 Å². The second kappa shape index (κ2) is 9.05. The first-order valence-corrected chi connectivity index (χ1v) is 11.6. The molecule has 3 aromatic carbocycles. The second-order valence-corrected chi connectivity index (χ2v) is 9.16. The molecule has 0 spiro atoms. The summed E-state index contributed by atoms with van der Waals surface area (Å²) in [5.41, 5.74) is 1.68. The number of aromatic nitrogens is 1. The molecule has 10 heteroatoms. The molecule has 1 aromatic heterocycles. The molecule has 0 atom stereocenters. The quantitative estimate of drug-likeness (QED) is 0.345. The maximum Gasteiger partial charge on any atom is 0.272 e. The van der Waals surface area contributed by atoms with E-state index in [1.807, 2.05) is 6.07 Å². The number of methoxy groups -OCH3 is 2. The van der Waals surface area contributed by atoms with E-state index in [2.05, 4.69) is 15.0 Å². The van der Waals surface area contributed by atoms with Crippen LogP contribution in [-0.4, -0.2) is 33.5 Å². The maximum absolute atomic E-state index is 13.0. The van der Waals surface area contributed by atoms with E-state index >= 15 is 0 Å². The maximum atomic E-state index is 13.0. The van der Waals surface area contributed by atoms with E-state index in [0.29, 0.717) is 22.2 Å². The summed E-state index contributed by atoms with van der Waals surface area (Å²) in [7, 11) is -1.08. The number of aromatic amines is 1. The monoisotopic (exact) mass is 485 g/mol. The van der Waals surface area contributed by atoms with Gasteiger partial charge in [-0.1, -0.05) is 11.6 Å². The van der Waals surface area contributed by atoms with Crippen molar-refractivity contribution in [3.05, 3.63) is 77.4 Å². The van der Waals surface area contributed by atoms with Gasteiger partial charge in [-0.25, -0.2) is 8.42 Å². The number of fused-ring (bicyclic) bond motifs is 1. The Morgan fingerprint density at radius 3 is 2.33 bits per heavy atom. The number of rotatable bonds is 7. The van der Waals surface area contributed by atoms with E-state index in [0.717, 1.165) is 10.9 Å². The molecular weight excluding hydrogens is 466 g/mol. The number of nitrogens with one attached hydrogen (secondary N) is 3. The van der Waals surface area contributed by atoms with Crippen molar-refractivity contribution >= 4 is 49.8 Å². The molecule has 0 aliphatic heterocycles. The third-order valence-corrected chi connectivity index (χ3v) is 6.54. The highest BCUT2D eigenvalue weighted by Crippen LogP contribution is 2.30. The van der Waals surface area contributed by atoms with Crippen LogP contribution in [0.2, 0.25) is 5.02 Å². The normalized spacial score (nSPS) is 11.2. The lowest BCUT2D eigenvalue weighted by molar-refractivity contribution is 0.102. The van der Waals surface area contributed by atoms with E-state index < -0.39 is 15.9 Å². The van der Waals surface area contributed by atoms with Crippen LogP contribution in [0, 0.1) is 0 Å². The van der Waals surface area contributed by atoms with Gasteiger partial charge in [0.2, 0.25) is 0 Å². The van der Waals surface area contributed by atoms with Gasteiger partial charge >= 0.3 is 0 Å². The highest BCUT2D eigenvalue weighted by molar-refractivity contribution is 7.92. The van der Waals surface area contributed by atoms with Gasteiger partial charge in [0.15, 0.2) is 0 Å². The van der Waals surface area contributed by atoms with Gasteiger partial charge in [-0.2, -0.15) is 0 Å². The largest absolute Gasteiger partial charge is 0.497 e. The lowest BCUT2D eigenvalue weighted by Crippen LogP contribution is -2.16. The number of amides is 1. The number of hydrogen-bond donors (Lipinski definition) is 3. The minimum absolute atomic E-state index is 0.126. The zero-order valence-electron chi connectivity index (χ0n) is 17.7. The van der Waals surface area contributed by atoms with Crippen molar-refractivity contribution in [1.82, 2.24) is 4.98 Å². The molecule has 3 N–H and O–H groups in total. The SMILES string of the molecule is COc1ccc2cc(C(=O)Nc3ccc(OC)c(S(=O)(=O)Nc4ccc(Cl)cc4)c3)[nH]c2c1. The molecule has 0 bridgehead atoms. The van der Waals surface area contributed by atoms with Crippen molar-refractivity contribution in [3.63, 3.8) is 0 Å². The average molecular weight is 486 g/mol. The number of benzene rings is 3. The summed E-state index contributed by atoms with van der Waals surface area (Å²) in [6, 6.07) is 17.7. The minimum Gasteiger partial charge on any atom is -0.497 e. The summed E-state index contributed by atoms with van der Waals surface area (Å²) in [5, 5.41) is 4.04. The summed E-state index contributed by atoms with van der Waals surface area (Å²) < 4.78 is 38.9. The summed E-state index contributed by atoms with van der Waals surface area (Å²) in [6.07, 6.45) is 0. The van der Waals surface area contributed by atoms with Gasteiger partial charge in [0, 0.05) is 33.4 Å². The van der Waals surface area contributed by atoms with E-state index in [1.165, 1.54) is 19.2 Å². The van der Waals surface area contributed by atoms with Gasteiger partial charge < -0.3 is 19.8 Å². The van der Waals surface area contributed by atoms with Crippen LogP contribution < -0.4 is 19.5 Å². The molecule has 4 aromatic rings. The molecule has 0 saturated heterocycles. The molecule has 0 fully saturated rings. The molecule has 8 nitrogen and oxygen atoms in total. The summed E-state index contributed by atoms with van der Waals surface area (Å²) in [4.78, 5) is 15.7. The van der Waals surface area contributed by atoms with E-state index in [1.54, 1.807) is 55.6 Å². The zero-order valence-corrected chi connectivity index (χ0v) is 19.3. The minimum atomic E-state index is -4.01. The first kappa shape index (κ1) is 22.5. The van der Waals surface area contributed by atoms with Crippen molar-refractivity contribution in [3.8, 4) is 11.5 Å². The fraction of sp³-hybridized carbons (Fsp3) is 0.0870. The third kappa shape index (κ3) is 4.89. The number of hydrogen-bond acceptors (Lipinski definition) is 5. The van der Waals surface area contributed by atoms with Crippen LogP contribution in [0.3, 0.4) is 0 Å². The van der Waals surface area contributed by atoms with Crippen LogP contribution in [0.5, 0.6) is 11.5 Å². The molecule has 0 aliphatic rings. The summed E-state index contributed by atoms with van der Waals surface area (Å²) in [5.74, 6) is 0.367. The molecule has 0 saturated carbocycles. The van der Waals surface area contributed by atoms with Gasteiger partial charge in [0.1, 0.15) is 22.1 Å². The van der Waals surface area contributed by atoms with Crippen molar-refractivity contribution < 1.29 is 22.7 Å². The molecule has 0 radical (unpaired) electrons. The standard InChI is InChI=1S/C23H20ClN3O5S/c1-31-18-9-3-14-11-20(26-19(14)13-18)23(28)25-17-8-10-21(32-2)22(12-17)33(29,30)27-16-6-4-15(24)5-7-16/h3-13,26-27H,1-2H3,(H,25,28). The Balaban J connectivity index is 1.60. The molecule has 1 amide bonds. The number of carbonyl (C=O) groups excluding carboxylic acids is 1. The predicted molar refractivity (Wildman–Crippen MR) is 128 cm³/mol. The number of sulfonamides is 1. The Hall–Kier alpha value is -3.69. The van der Waals surface area contributed by atoms with Crippen LogP contribution in [0.25, 0.3) is 10.9 Å². The molecular formula is C23H20ClN3O5S.